The Labute approximate surface area is 144 Å². The first kappa shape index (κ1) is 16.6. The van der Waals surface area contributed by atoms with Gasteiger partial charge in [-0.2, -0.15) is 5.26 Å². The average Bonchev–Trinajstić information content (AvgIpc) is 2.67. The third kappa shape index (κ3) is 4.20. The van der Waals surface area contributed by atoms with Crippen LogP contribution in [0.5, 0.6) is 0 Å². The molecule has 1 saturated carbocycles. The van der Waals surface area contributed by atoms with Gasteiger partial charge in [-0.3, -0.25) is 0 Å². The van der Waals surface area contributed by atoms with Crippen LogP contribution in [0.4, 0.5) is 0 Å². The van der Waals surface area contributed by atoms with Gasteiger partial charge < -0.3 is 0 Å². The lowest BCUT2D eigenvalue weighted by Gasteiger charge is -2.27. The molecule has 3 heteroatoms. The molecule has 24 heavy (non-hydrogen) atoms. The van der Waals surface area contributed by atoms with E-state index in [1.807, 2.05) is 6.07 Å². The summed E-state index contributed by atoms with van der Waals surface area (Å²) in [6.45, 7) is 2.32. The Hall–Kier alpha value is -2.21. The lowest BCUT2D eigenvalue weighted by molar-refractivity contribution is 0.259. The smallest absolute Gasteiger partial charge is 0.159 e. The van der Waals surface area contributed by atoms with Crippen molar-refractivity contribution in [3.05, 3.63) is 47.8 Å². The SMILES string of the molecule is CCC1CCC(CCc2ccc(-c3ncc(C#N)cn3)cc2)CC1. The molecule has 0 bridgehead atoms. The van der Waals surface area contributed by atoms with Gasteiger partial charge in [0.2, 0.25) is 0 Å². The van der Waals surface area contributed by atoms with E-state index in [4.69, 9.17) is 5.26 Å². The van der Waals surface area contributed by atoms with E-state index in [1.54, 1.807) is 12.4 Å². The van der Waals surface area contributed by atoms with E-state index >= 15 is 0 Å². The van der Waals surface area contributed by atoms with E-state index in [1.165, 1.54) is 44.1 Å². The Morgan fingerprint density at radius 1 is 1.00 bits per heavy atom. The second-order valence-electron chi connectivity index (χ2n) is 6.94. The first-order valence-electron chi connectivity index (χ1n) is 9.10. The summed E-state index contributed by atoms with van der Waals surface area (Å²) in [5.41, 5.74) is 2.89. The minimum Gasteiger partial charge on any atom is -0.235 e. The standard InChI is InChI=1S/C21H25N3/c1-2-16-3-5-17(6-4-16)7-8-18-9-11-20(12-10-18)21-23-14-19(13-22)15-24-21/h9-12,14-17H,2-8H2,1H3. The zero-order valence-electron chi connectivity index (χ0n) is 14.4. The van der Waals surface area contributed by atoms with E-state index in [2.05, 4.69) is 41.2 Å². The predicted octanol–water partition coefficient (Wildman–Crippen LogP) is 5.16. The first-order valence-corrected chi connectivity index (χ1v) is 9.10. The molecule has 1 aliphatic rings. The molecule has 0 saturated heterocycles. The Bertz CT molecular complexity index is 675. The van der Waals surface area contributed by atoms with Crippen molar-refractivity contribution < 1.29 is 0 Å². The Morgan fingerprint density at radius 3 is 2.21 bits per heavy atom. The van der Waals surface area contributed by atoms with Crippen molar-refractivity contribution in [1.82, 2.24) is 9.97 Å². The molecule has 0 unspecified atom stereocenters. The molecule has 3 nitrogen and oxygen atoms in total. The van der Waals surface area contributed by atoms with E-state index in [9.17, 15) is 0 Å². The maximum atomic E-state index is 8.80. The van der Waals surface area contributed by atoms with E-state index in [0.717, 1.165) is 23.8 Å². The largest absolute Gasteiger partial charge is 0.235 e. The zero-order valence-corrected chi connectivity index (χ0v) is 14.4. The monoisotopic (exact) mass is 319 g/mol. The molecule has 0 spiro atoms. The second-order valence-corrected chi connectivity index (χ2v) is 6.94. The summed E-state index contributed by atoms with van der Waals surface area (Å²) < 4.78 is 0. The third-order valence-electron chi connectivity index (χ3n) is 5.38. The summed E-state index contributed by atoms with van der Waals surface area (Å²) in [6, 6.07) is 10.6. The van der Waals surface area contributed by atoms with Gasteiger partial charge in [0.05, 0.1) is 5.56 Å². The molecule has 0 atom stereocenters. The van der Waals surface area contributed by atoms with Gasteiger partial charge in [0, 0.05) is 18.0 Å². The molecular weight excluding hydrogens is 294 g/mol. The molecule has 0 amide bonds. The molecular formula is C21H25N3. The second kappa shape index (κ2) is 8.06. The normalized spacial score (nSPS) is 20.5. The lowest BCUT2D eigenvalue weighted by Crippen LogP contribution is -2.14. The molecule has 1 aromatic carbocycles. The molecule has 1 fully saturated rings. The minimum atomic E-state index is 0.494. The molecule has 1 aromatic heterocycles. The van der Waals surface area contributed by atoms with Gasteiger partial charge in [-0.05, 0) is 30.2 Å². The van der Waals surface area contributed by atoms with Crippen LogP contribution >= 0.6 is 0 Å². The summed E-state index contributed by atoms with van der Waals surface area (Å²) in [7, 11) is 0. The van der Waals surface area contributed by atoms with Gasteiger partial charge in [0.25, 0.3) is 0 Å². The van der Waals surface area contributed by atoms with Gasteiger partial charge in [-0.25, -0.2) is 9.97 Å². The fourth-order valence-corrected chi connectivity index (χ4v) is 3.65. The van der Waals surface area contributed by atoms with Crippen molar-refractivity contribution in [2.24, 2.45) is 11.8 Å². The zero-order chi connectivity index (χ0) is 16.8. The highest BCUT2D eigenvalue weighted by Gasteiger charge is 2.19. The van der Waals surface area contributed by atoms with Crippen LogP contribution in [0, 0.1) is 23.2 Å². The highest BCUT2D eigenvalue weighted by atomic mass is 14.9. The highest BCUT2D eigenvalue weighted by Crippen LogP contribution is 2.33. The van der Waals surface area contributed by atoms with Crippen LogP contribution in [0.15, 0.2) is 36.7 Å². The molecule has 1 heterocycles. The molecule has 0 N–H and O–H groups in total. The van der Waals surface area contributed by atoms with Gasteiger partial charge in [0.1, 0.15) is 6.07 Å². The van der Waals surface area contributed by atoms with Crippen LogP contribution in [0.2, 0.25) is 0 Å². The molecule has 0 aliphatic heterocycles. The Kier molecular flexibility index (Phi) is 5.59. The quantitative estimate of drug-likeness (QED) is 0.764. The van der Waals surface area contributed by atoms with Crippen molar-refractivity contribution >= 4 is 0 Å². The van der Waals surface area contributed by atoms with Crippen LogP contribution in [-0.4, -0.2) is 9.97 Å². The summed E-state index contributed by atoms with van der Waals surface area (Å²) in [5.74, 6) is 2.57. The van der Waals surface area contributed by atoms with Gasteiger partial charge in [-0.1, -0.05) is 63.3 Å². The molecule has 0 radical (unpaired) electrons. The van der Waals surface area contributed by atoms with Crippen molar-refractivity contribution in [3.63, 3.8) is 0 Å². The number of aryl methyl sites for hydroxylation is 1. The van der Waals surface area contributed by atoms with Gasteiger partial charge in [-0.15, -0.1) is 0 Å². The first-order chi connectivity index (χ1) is 11.8. The number of nitrogens with zero attached hydrogens (tertiary/aromatic N) is 3. The number of hydrogen-bond acceptors (Lipinski definition) is 3. The molecule has 3 rings (SSSR count). The topological polar surface area (TPSA) is 49.6 Å². The number of rotatable bonds is 5. The molecule has 1 aliphatic carbocycles. The lowest BCUT2D eigenvalue weighted by atomic mass is 9.78. The Morgan fingerprint density at radius 2 is 1.62 bits per heavy atom. The Balaban J connectivity index is 1.54. The van der Waals surface area contributed by atoms with Crippen molar-refractivity contribution in [2.75, 3.05) is 0 Å². The number of aromatic nitrogens is 2. The number of nitriles is 1. The van der Waals surface area contributed by atoms with Crippen molar-refractivity contribution in [2.45, 2.75) is 51.9 Å². The number of benzene rings is 1. The number of hydrogen-bond donors (Lipinski definition) is 0. The maximum Gasteiger partial charge on any atom is 0.159 e. The van der Waals surface area contributed by atoms with Gasteiger partial charge >= 0.3 is 0 Å². The minimum absolute atomic E-state index is 0.494. The molecule has 124 valence electrons. The van der Waals surface area contributed by atoms with Crippen LogP contribution in [-0.2, 0) is 6.42 Å². The predicted molar refractivity (Wildman–Crippen MR) is 96.2 cm³/mol. The summed E-state index contributed by atoms with van der Waals surface area (Å²) in [4.78, 5) is 8.50. The van der Waals surface area contributed by atoms with Crippen LogP contribution < -0.4 is 0 Å². The maximum absolute atomic E-state index is 8.80. The van der Waals surface area contributed by atoms with Crippen molar-refractivity contribution in [1.29, 1.82) is 5.26 Å². The summed E-state index contributed by atoms with van der Waals surface area (Å²) in [6.07, 6.45) is 12.6. The van der Waals surface area contributed by atoms with Crippen LogP contribution in [0.1, 0.15) is 56.6 Å². The third-order valence-corrected chi connectivity index (χ3v) is 5.38. The highest BCUT2D eigenvalue weighted by molar-refractivity contribution is 5.55. The van der Waals surface area contributed by atoms with E-state index in [-0.39, 0.29) is 0 Å². The van der Waals surface area contributed by atoms with E-state index in [0.29, 0.717) is 11.4 Å². The van der Waals surface area contributed by atoms with Gasteiger partial charge in [0.15, 0.2) is 5.82 Å². The van der Waals surface area contributed by atoms with Crippen LogP contribution in [0.3, 0.4) is 0 Å². The summed E-state index contributed by atoms with van der Waals surface area (Å²) >= 11 is 0. The van der Waals surface area contributed by atoms with Crippen molar-refractivity contribution in [3.8, 4) is 17.5 Å². The average molecular weight is 319 g/mol. The van der Waals surface area contributed by atoms with Crippen LogP contribution in [0.25, 0.3) is 11.4 Å². The molecule has 2 aromatic rings. The fraction of sp³-hybridized carbons (Fsp3) is 0.476. The summed E-state index contributed by atoms with van der Waals surface area (Å²) in [5, 5.41) is 8.80. The van der Waals surface area contributed by atoms with E-state index < -0.39 is 0 Å². The fourth-order valence-electron chi connectivity index (χ4n) is 3.65.